The van der Waals surface area contributed by atoms with E-state index in [1.54, 1.807) is 4.90 Å². The van der Waals surface area contributed by atoms with Crippen molar-refractivity contribution >= 4 is 16.9 Å². The number of halogens is 3. The predicted octanol–water partition coefficient (Wildman–Crippen LogP) is 3.60. The first-order valence-electron chi connectivity index (χ1n) is 7.24. The first kappa shape index (κ1) is 14.9. The molecule has 118 valence electrons. The van der Waals surface area contributed by atoms with E-state index in [2.05, 4.69) is 9.97 Å². The van der Waals surface area contributed by atoms with Crippen LogP contribution >= 0.6 is 0 Å². The van der Waals surface area contributed by atoms with Crippen LogP contribution in [0.2, 0.25) is 0 Å². The highest BCUT2D eigenvalue weighted by molar-refractivity contribution is 5.97. The molecular weight excluding hydrogens is 295 g/mol. The van der Waals surface area contributed by atoms with Gasteiger partial charge in [0.25, 0.3) is 5.91 Å². The van der Waals surface area contributed by atoms with Gasteiger partial charge in [-0.05, 0) is 44.4 Å². The Hall–Kier alpha value is -2.05. The normalized spacial score (nSPS) is 19.6. The van der Waals surface area contributed by atoms with Gasteiger partial charge in [0.1, 0.15) is 0 Å². The molecule has 0 aliphatic carbocycles. The molecule has 1 atom stereocenters. The van der Waals surface area contributed by atoms with Crippen LogP contribution in [0.1, 0.15) is 42.4 Å². The maximum Gasteiger partial charge on any atom is 0.449 e. The van der Waals surface area contributed by atoms with Crippen LogP contribution < -0.4 is 0 Å². The van der Waals surface area contributed by atoms with E-state index in [4.69, 9.17) is 0 Å². The average Bonchev–Trinajstić information content (AvgIpc) is 2.90. The van der Waals surface area contributed by atoms with Crippen molar-refractivity contribution in [2.24, 2.45) is 0 Å². The average molecular weight is 311 g/mol. The second-order valence-corrected chi connectivity index (χ2v) is 5.66. The summed E-state index contributed by atoms with van der Waals surface area (Å²) in [5.41, 5.74) is 0.817. The molecule has 0 bridgehead atoms. The number of aromatic nitrogens is 2. The smallest absolute Gasteiger partial charge is 0.336 e. The largest absolute Gasteiger partial charge is 0.449 e. The minimum absolute atomic E-state index is 0.141. The second kappa shape index (κ2) is 5.30. The van der Waals surface area contributed by atoms with E-state index in [-0.39, 0.29) is 23.0 Å². The number of amides is 1. The van der Waals surface area contributed by atoms with Gasteiger partial charge >= 0.3 is 6.18 Å². The number of benzene rings is 1. The van der Waals surface area contributed by atoms with Crippen LogP contribution in [0.5, 0.6) is 0 Å². The van der Waals surface area contributed by atoms with Crippen molar-refractivity contribution in [2.75, 3.05) is 6.54 Å². The Morgan fingerprint density at radius 2 is 2.14 bits per heavy atom. The summed E-state index contributed by atoms with van der Waals surface area (Å²) in [6.45, 7) is 2.68. The molecule has 1 aliphatic heterocycles. The quantitative estimate of drug-likeness (QED) is 0.875. The standard InChI is InChI=1S/C15H16F3N3O/c1-9-4-2-3-7-21(9)13(22)10-5-6-11-12(8-10)20-14(19-11)15(16,17)18/h5-6,8-9H,2-4,7H2,1H3,(H,19,20). The molecule has 0 spiro atoms. The van der Waals surface area contributed by atoms with E-state index in [1.807, 2.05) is 6.92 Å². The minimum atomic E-state index is -4.52. The number of carbonyl (C=O) groups excluding carboxylic acids is 1. The van der Waals surface area contributed by atoms with E-state index in [9.17, 15) is 18.0 Å². The van der Waals surface area contributed by atoms with Gasteiger partial charge in [0.05, 0.1) is 11.0 Å². The Kier molecular flexibility index (Phi) is 3.58. The summed E-state index contributed by atoms with van der Waals surface area (Å²) in [4.78, 5) is 20.1. The zero-order chi connectivity index (χ0) is 15.9. The fourth-order valence-electron chi connectivity index (χ4n) is 2.84. The lowest BCUT2D eigenvalue weighted by atomic mass is 10.0. The highest BCUT2D eigenvalue weighted by atomic mass is 19.4. The van der Waals surface area contributed by atoms with Crippen LogP contribution in [0.3, 0.4) is 0 Å². The van der Waals surface area contributed by atoms with E-state index < -0.39 is 12.0 Å². The number of nitrogens with one attached hydrogen (secondary N) is 1. The van der Waals surface area contributed by atoms with Crippen molar-refractivity contribution in [2.45, 2.75) is 38.4 Å². The molecule has 4 nitrogen and oxygen atoms in total. The van der Waals surface area contributed by atoms with E-state index in [0.717, 1.165) is 19.3 Å². The number of H-pyrrole nitrogens is 1. The van der Waals surface area contributed by atoms with Gasteiger partial charge in [0.2, 0.25) is 5.82 Å². The van der Waals surface area contributed by atoms with Gasteiger partial charge in [-0.15, -0.1) is 0 Å². The fraction of sp³-hybridized carbons (Fsp3) is 0.467. The lowest BCUT2D eigenvalue weighted by Crippen LogP contribution is -2.42. The molecule has 1 aromatic heterocycles. The second-order valence-electron chi connectivity index (χ2n) is 5.66. The Balaban J connectivity index is 1.92. The summed E-state index contributed by atoms with van der Waals surface area (Å²) >= 11 is 0. The van der Waals surface area contributed by atoms with Crippen molar-refractivity contribution in [3.63, 3.8) is 0 Å². The molecule has 2 heterocycles. The van der Waals surface area contributed by atoms with E-state index in [1.165, 1.54) is 18.2 Å². The van der Waals surface area contributed by atoms with Gasteiger partial charge in [-0.1, -0.05) is 0 Å². The number of alkyl halides is 3. The van der Waals surface area contributed by atoms with Gasteiger partial charge in [0.15, 0.2) is 0 Å². The number of imidazole rings is 1. The van der Waals surface area contributed by atoms with E-state index in [0.29, 0.717) is 12.1 Å². The third-order valence-electron chi connectivity index (χ3n) is 4.06. The molecular formula is C15H16F3N3O. The molecule has 1 unspecified atom stereocenters. The van der Waals surface area contributed by atoms with Crippen LogP contribution in [0.25, 0.3) is 11.0 Å². The molecule has 0 saturated carbocycles. The first-order chi connectivity index (χ1) is 10.4. The van der Waals surface area contributed by atoms with Crippen molar-refractivity contribution < 1.29 is 18.0 Å². The molecule has 7 heteroatoms. The third-order valence-corrected chi connectivity index (χ3v) is 4.06. The fourth-order valence-corrected chi connectivity index (χ4v) is 2.84. The lowest BCUT2D eigenvalue weighted by molar-refractivity contribution is -0.144. The number of likely N-dealkylation sites (tertiary alicyclic amines) is 1. The van der Waals surface area contributed by atoms with Crippen molar-refractivity contribution in [1.29, 1.82) is 0 Å². The summed E-state index contributed by atoms with van der Waals surface area (Å²) in [5, 5.41) is 0. The molecule has 2 aromatic rings. The minimum Gasteiger partial charge on any atom is -0.336 e. The summed E-state index contributed by atoms with van der Waals surface area (Å²) in [6, 6.07) is 4.58. The van der Waals surface area contributed by atoms with Crippen molar-refractivity contribution in [3.8, 4) is 0 Å². The van der Waals surface area contributed by atoms with Crippen molar-refractivity contribution in [1.82, 2.24) is 14.9 Å². The molecule has 3 rings (SSSR count). The number of nitrogens with zero attached hydrogens (tertiary/aromatic N) is 2. The zero-order valence-corrected chi connectivity index (χ0v) is 12.1. The molecule has 1 N–H and O–H groups in total. The highest BCUT2D eigenvalue weighted by Gasteiger charge is 2.35. The van der Waals surface area contributed by atoms with Crippen LogP contribution in [-0.2, 0) is 6.18 Å². The molecule has 1 aliphatic rings. The number of piperidine rings is 1. The molecule has 1 amide bonds. The summed E-state index contributed by atoms with van der Waals surface area (Å²) in [5.74, 6) is -1.18. The number of carbonyl (C=O) groups is 1. The molecule has 22 heavy (non-hydrogen) atoms. The van der Waals surface area contributed by atoms with Gasteiger partial charge in [0, 0.05) is 18.2 Å². The number of hydrogen-bond donors (Lipinski definition) is 1. The molecule has 1 saturated heterocycles. The molecule has 1 fully saturated rings. The van der Waals surface area contributed by atoms with Gasteiger partial charge in [-0.2, -0.15) is 13.2 Å². The van der Waals surface area contributed by atoms with Crippen molar-refractivity contribution in [3.05, 3.63) is 29.6 Å². The topological polar surface area (TPSA) is 49.0 Å². The first-order valence-corrected chi connectivity index (χ1v) is 7.24. The Labute approximate surface area is 125 Å². The van der Waals surface area contributed by atoms with Crippen LogP contribution in [-0.4, -0.2) is 33.4 Å². The summed E-state index contributed by atoms with van der Waals surface area (Å²) < 4.78 is 38.0. The van der Waals surface area contributed by atoms with Crippen LogP contribution in [0.4, 0.5) is 13.2 Å². The SMILES string of the molecule is CC1CCCCN1C(=O)c1ccc2nc(C(F)(F)F)[nH]c2c1. The van der Waals surface area contributed by atoms with Gasteiger partial charge < -0.3 is 9.88 Å². The number of hydrogen-bond acceptors (Lipinski definition) is 2. The van der Waals surface area contributed by atoms with Crippen LogP contribution in [0.15, 0.2) is 18.2 Å². The summed E-state index contributed by atoms with van der Waals surface area (Å²) in [6.07, 6.45) is -1.51. The monoisotopic (exact) mass is 311 g/mol. The Bertz CT molecular complexity index is 708. The highest BCUT2D eigenvalue weighted by Crippen LogP contribution is 2.29. The van der Waals surface area contributed by atoms with Crippen LogP contribution in [0, 0.1) is 0 Å². The van der Waals surface area contributed by atoms with E-state index >= 15 is 0 Å². The zero-order valence-electron chi connectivity index (χ0n) is 12.1. The summed E-state index contributed by atoms with van der Waals surface area (Å²) in [7, 11) is 0. The number of fused-ring (bicyclic) bond motifs is 1. The maximum absolute atomic E-state index is 12.7. The van der Waals surface area contributed by atoms with Gasteiger partial charge in [-0.3, -0.25) is 4.79 Å². The number of rotatable bonds is 1. The Morgan fingerprint density at radius 1 is 1.36 bits per heavy atom. The third kappa shape index (κ3) is 2.67. The molecule has 1 aromatic carbocycles. The lowest BCUT2D eigenvalue weighted by Gasteiger charge is -2.33. The molecule has 0 radical (unpaired) electrons. The van der Waals surface area contributed by atoms with Gasteiger partial charge in [-0.25, -0.2) is 4.98 Å². The predicted molar refractivity (Wildman–Crippen MR) is 75.4 cm³/mol. The maximum atomic E-state index is 12.7. The Morgan fingerprint density at radius 3 is 2.82 bits per heavy atom. The number of aromatic amines is 1.